The lowest BCUT2D eigenvalue weighted by Gasteiger charge is -2.03. The molecule has 1 N–H and O–H groups in total. The first kappa shape index (κ1) is 15.9. The first-order valence-electron chi connectivity index (χ1n) is 7.67. The minimum atomic E-state index is -0.429. The number of amides is 1. The van der Waals surface area contributed by atoms with Gasteiger partial charge in [-0.05, 0) is 37.3 Å². The van der Waals surface area contributed by atoms with Crippen LogP contribution in [-0.2, 0) is 6.42 Å². The molecule has 0 bridgehead atoms. The molecule has 4 nitrogen and oxygen atoms in total. The van der Waals surface area contributed by atoms with Gasteiger partial charge in [0.05, 0.1) is 5.69 Å². The maximum atomic E-state index is 13.1. The van der Waals surface area contributed by atoms with Gasteiger partial charge in [-0.25, -0.2) is 9.37 Å². The highest BCUT2D eigenvalue weighted by Crippen LogP contribution is 2.19. The number of nitrogens with zero attached hydrogens (tertiary/aromatic N) is 1. The van der Waals surface area contributed by atoms with Crippen molar-refractivity contribution in [3.8, 4) is 11.5 Å². The zero-order valence-electron chi connectivity index (χ0n) is 13.3. The highest BCUT2D eigenvalue weighted by molar-refractivity contribution is 5.94. The number of aryl methyl sites for hydroxylation is 1. The van der Waals surface area contributed by atoms with Gasteiger partial charge in [0.2, 0.25) is 5.89 Å². The summed E-state index contributed by atoms with van der Waals surface area (Å²) in [4.78, 5) is 16.3. The standard InChI is InChI=1S/C19H17FN2O2/c1-13-5-7-14(8-6-13)19-22-17(12-24-19)9-10-21-18(23)15-3-2-4-16(20)11-15/h2-8,11-12H,9-10H2,1H3,(H,21,23). The Balaban J connectivity index is 1.56. The molecule has 0 unspecified atom stereocenters. The van der Waals surface area contributed by atoms with Crippen LogP contribution in [0, 0.1) is 12.7 Å². The van der Waals surface area contributed by atoms with Gasteiger partial charge >= 0.3 is 0 Å². The van der Waals surface area contributed by atoms with E-state index in [1.165, 1.54) is 23.8 Å². The molecule has 3 rings (SSSR count). The molecule has 1 amide bonds. The van der Waals surface area contributed by atoms with Gasteiger partial charge in [0.1, 0.15) is 12.1 Å². The van der Waals surface area contributed by atoms with E-state index in [-0.39, 0.29) is 5.91 Å². The molecule has 122 valence electrons. The molecule has 24 heavy (non-hydrogen) atoms. The Morgan fingerprint density at radius 3 is 2.75 bits per heavy atom. The normalized spacial score (nSPS) is 10.6. The maximum Gasteiger partial charge on any atom is 0.251 e. The SMILES string of the molecule is Cc1ccc(-c2nc(CCNC(=O)c3cccc(F)c3)co2)cc1. The van der Waals surface area contributed by atoms with E-state index in [2.05, 4.69) is 10.3 Å². The third kappa shape index (κ3) is 3.87. The number of benzene rings is 2. The summed E-state index contributed by atoms with van der Waals surface area (Å²) in [5.41, 5.74) is 3.14. The summed E-state index contributed by atoms with van der Waals surface area (Å²) in [5, 5.41) is 2.74. The smallest absolute Gasteiger partial charge is 0.251 e. The summed E-state index contributed by atoms with van der Waals surface area (Å²) >= 11 is 0. The maximum absolute atomic E-state index is 13.1. The molecule has 5 heteroatoms. The van der Waals surface area contributed by atoms with Crippen molar-refractivity contribution >= 4 is 5.91 Å². The lowest BCUT2D eigenvalue weighted by molar-refractivity contribution is 0.0953. The van der Waals surface area contributed by atoms with Gasteiger partial charge in [-0.15, -0.1) is 0 Å². The largest absolute Gasteiger partial charge is 0.444 e. The number of aromatic nitrogens is 1. The average molecular weight is 324 g/mol. The highest BCUT2D eigenvalue weighted by Gasteiger charge is 2.09. The lowest BCUT2D eigenvalue weighted by Crippen LogP contribution is -2.25. The molecule has 2 aromatic carbocycles. The van der Waals surface area contributed by atoms with Crippen LogP contribution in [0.5, 0.6) is 0 Å². The van der Waals surface area contributed by atoms with Crippen LogP contribution < -0.4 is 5.32 Å². The lowest BCUT2D eigenvalue weighted by atomic mass is 10.1. The fourth-order valence-corrected chi connectivity index (χ4v) is 2.29. The molecule has 0 spiro atoms. The van der Waals surface area contributed by atoms with Crippen molar-refractivity contribution < 1.29 is 13.6 Å². The summed E-state index contributed by atoms with van der Waals surface area (Å²) in [7, 11) is 0. The van der Waals surface area contributed by atoms with Crippen molar-refractivity contribution in [1.82, 2.24) is 10.3 Å². The summed E-state index contributed by atoms with van der Waals surface area (Å²) in [6.07, 6.45) is 2.12. The number of nitrogens with one attached hydrogen (secondary N) is 1. The topological polar surface area (TPSA) is 55.1 Å². The van der Waals surface area contributed by atoms with E-state index in [0.717, 1.165) is 11.3 Å². The molecule has 0 aliphatic rings. The number of halogens is 1. The van der Waals surface area contributed by atoms with E-state index >= 15 is 0 Å². The number of rotatable bonds is 5. The number of hydrogen-bond donors (Lipinski definition) is 1. The second-order valence-corrected chi connectivity index (χ2v) is 5.53. The summed E-state index contributed by atoms with van der Waals surface area (Å²) < 4.78 is 18.6. The average Bonchev–Trinajstić information content (AvgIpc) is 3.04. The fourth-order valence-electron chi connectivity index (χ4n) is 2.29. The number of carbonyl (C=O) groups excluding carboxylic acids is 1. The molecule has 0 aliphatic heterocycles. The van der Waals surface area contributed by atoms with Crippen LogP contribution in [0.15, 0.2) is 59.2 Å². The molecule has 0 saturated heterocycles. The van der Waals surface area contributed by atoms with Crippen molar-refractivity contribution in [2.75, 3.05) is 6.54 Å². The zero-order valence-corrected chi connectivity index (χ0v) is 13.3. The number of hydrogen-bond acceptors (Lipinski definition) is 3. The van der Waals surface area contributed by atoms with Crippen LogP contribution in [0.1, 0.15) is 21.6 Å². The molecule has 1 heterocycles. The highest BCUT2D eigenvalue weighted by atomic mass is 19.1. The quantitative estimate of drug-likeness (QED) is 0.777. The van der Waals surface area contributed by atoms with Crippen molar-refractivity contribution in [3.05, 3.63) is 77.4 Å². The number of carbonyl (C=O) groups is 1. The molecule has 0 atom stereocenters. The summed E-state index contributed by atoms with van der Waals surface area (Å²) in [5.74, 6) is -0.180. The Morgan fingerprint density at radius 2 is 2.00 bits per heavy atom. The van der Waals surface area contributed by atoms with Crippen LogP contribution >= 0.6 is 0 Å². The van der Waals surface area contributed by atoms with E-state index in [1.54, 1.807) is 12.3 Å². The molecular weight excluding hydrogens is 307 g/mol. The predicted octanol–water partition coefficient (Wildman–Crippen LogP) is 3.76. The fraction of sp³-hybridized carbons (Fsp3) is 0.158. The van der Waals surface area contributed by atoms with Crippen LogP contribution in [0.2, 0.25) is 0 Å². The minimum Gasteiger partial charge on any atom is -0.444 e. The van der Waals surface area contributed by atoms with Gasteiger partial charge < -0.3 is 9.73 Å². The predicted molar refractivity (Wildman–Crippen MR) is 89.1 cm³/mol. The monoisotopic (exact) mass is 324 g/mol. The van der Waals surface area contributed by atoms with Gasteiger partial charge in [0, 0.05) is 24.1 Å². The Kier molecular flexibility index (Phi) is 4.70. The van der Waals surface area contributed by atoms with Crippen molar-refractivity contribution in [1.29, 1.82) is 0 Å². The first-order chi connectivity index (χ1) is 11.6. The second kappa shape index (κ2) is 7.08. The Hall–Kier alpha value is -2.95. The second-order valence-electron chi connectivity index (χ2n) is 5.53. The first-order valence-corrected chi connectivity index (χ1v) is 7.67. The van der Waals surface area contributed by atoms with E-state index in [1.807, 2.05) is 31.2 Å². The van der Waals surface area contributed by atoms with E-state index in [0.29, 0.717) is 24.4 Å². The van der Waals surface area contributed by atoms with Gasteiger partial charge in [-0.2, -0.15) is 0 Å². The summed E-state index contributed by atoms with van der Waals surface area (Å²) in [6, 6.07) is 13.5. The Bertz CT molecular complexity index is 841. The van der Waals surface area contributed by atoms with Gasteiger partial charge in [-0.1, -0.05) is 23.8 Å². The number of oxazole rings is 1. The summed E-state index contributed by atoms with van der Waals surface area (Å²) in [6.45, 7) is 2.42. The van der Waals surface area contributed by atoms with Crippen molar-refractivity contribution in [3.63, 3.8) is 0 Å². The van der Waals surface area contributed by atoms with Crippen LogP contribution in [0.4, 0.5) is 4.39 Å². The van der Waals surface area contributed by atoms with E-state index < -0.39 is 5.82 Å². The van der Waals surface area contributed by atoms with Crippen molar-refractivity contribution in [2.24, 2.45) is 0 Å². The molecule has 3 aromatic rings. The van der Waals surface area contributed by atoms with E-state index in [4.69, 9.17) is 4.42 Å². The molecule has 0 radical (unpaired) electrons. The Labute approximate surface area is 139 Å². The molecule has 0 saturated carbocycles. The third-order valence-corrected chi connectivity index (χ3v) is 3.60. The molecular formula is C19H17FN2O2. The van der Waals surface area contributed by atoms with E-state index in [9.17, 15) is 9.18 Å². The third-order valence-electron chi connectivity index (χ3n) is 3.60. The van der Waals surface area contributed by atoms with Crippen LogP contribution in [0.25, 0.3) is 11.5 Å². The van der Waals surface area contributed by atoms with Crippen molar-refractivity contribution in [2.45, 2.75) is 13.3 Å². The Morgan fingerprint density at radius 1 is 1.21 bits per heavy atom. The van der Waals surface area contributed by atoms with Gasteiger partial charge in [-0.3, -0.25) is 4.79 Å². The minimum absolute atomic E-state index is 0.301. The molecule has 1 aromatic heterocycles. The zero-order chi connectivity index (χ0) is 16.9. The molecule has 0 fully saturated rings. The van der Waals surface area contributed by atoms with Gasteiger partial charge in [0.15, 0.2) is 0 Å². The molecule has 0 aliphatic carbocycles. The van der Waals surface area contributed by atoms with Crippen LogP contribution in [-0.4, -0.2) is 17.4 Å². The van der Waals surface area contributed by atoms with Crippen LogP contribution in [0.3, 0.4) is 0 Å². The van der Waals surface area contributed by atoms with Gasteiger partial charge in [0.25, 0.3) is 5.91 Å².